The summed E-state index contributed by atoms with van der Waals surface area (Å²) in [5, 5.41) is 8.08. The van der Waals surface area contributed by atoms with Gasteiger partial charge in [0.2, 0.25) is 0 Å². The molecule has 0 unspecified atom stereocenters. The fourth-order valence-corrected chi connectivity index (χ4v) is 3.93. The Balaban J connectivity index is 1.52. The summed E-state index contributed by atoms with van der Waals surface area (Å²) >= 11 is 2.76. The summed E-state index contributed by atoms with van der Waals surface area (Å²) < 4.78 is 0.886. The van der Waals surface area contributed by atoms with Crippen molar-refractivity contribution in [3.05, 3.63) is 76.5 Å². The van der Waals surface area contributed by atoms with E-state index in [-0.39, 0.29) is 11.8 Å². The smallest absolute Gasteiger partial charge is 0.265 e. The van der Waals surface area contributed by atoms with E-state index in [1.54, 1.807) is 24.3 Å². The fraction of sp³-hybridized carbons (Fsp3) is 0. The quantitative estimate of drug-likeness (QED) is 0.532. The molecule has 26 heavy (non-hydrogen) atoms. The minimum atomic E-state index is -0.198. The molecule has 5 nitrogen and oxygen atoms in total. The normalized spacial score (nSPS) is 10.6. The molecule has 2 aromatic carbocycles. The number of aromatic nitrogens is 1. The zero-order chi connectivity index (χ0) is 17.9. The standard InChI is InChI=1S/C19H13N3O2S2/c23-17(12-5-2-1-3-6-12)22-19-21-14-9-8-13(11-16(14)26-19)20-18(24)15-7-4-10-25-15/h1-11H,(H,20,24)(H,21,22,23). The lowest BCUT2D eigenvalue weighted by Gasteiger charge is -2.02. The van der Waals surface area contributed by atoms with Crippen LogP contribution in [-0.2, 0) is 0 Å². The van der Waals surface area contributed by atoms with Crippen molar-refractivity contribution in [3.8, 4) is 0 Å². The maximum absolute atomic E-state index is 12.2. The van der Waals surface area contributed by atoms with Gasteiger partial charge in [-0.3, -0.25) is 14.9 Å². The second-order valence-electron chi connectivity index (χ2n) is 5.45. The van der Waals surface area contributed by atoms with E-state index in [0.29, 0.717) is 21.3 Å². The van der Waals surface area contributed by atoms with Crippen molar-refractivity contribution < 1.29 is 9.59 Å². The van der Waals surface area contributed by atoms with Crippen molar-refractivity contribution in [2.75, 3.05) is 10.6 Å². The van der Waals surface area contributed by atoms with Crippen molar-refractivity contribution in [2.24, 2.45) is 0 Å². The highest BCUT2D eigenvalue weighted by Crippen LogP contribution is 2.29. The zero-order valence-corrected chi connectivity index (χ0v) is 15.1. The molecule has 0 radical (unpaired) electrons. The van der Waals surface area contributed by atoms with Gasteiger partial charge in [0.25, 0.3) is 11.8 Å². The number of carbonyl (C=O) groups is 2. The van der Waals surface area contributed by atoms with Crippen LogP contribution in [0, 0.1) is 0 Å². The Morgan fingerprint density at radius 2 is 1.73 bits per heavy atom. The van der Waals surface area contributed by atoms with Gasteiger partial charge in [-0.2, -0.15) is 0 Å². The van der Waals surface area contributed by atoms with Crippen LogP contribution in [0.1, 0.15) is 20.0 Å². The SMILES string of the molecule is O=C(Nc1nc2ccc(NC(=O)c3cccs3)cc2s1)c1ccccc1. The van der Waals surface area contributed by atoms with Gasteiger partial charge < -0.3 is 5.32 Å². The Hall–Kier alpha value is -3.03. The molecule has 128 valence electrons. The molecule has 7 heteroatoms. The molecule has 4 rings (SSSR count). The Kier molecular flexibility index (Phi) is 4.47. The van der Waals surface area contributed by atoms with Gasteiger partial charge >= 0.3 is 0 Å². The Labute approximate surface area is 157 Å². The van der Waals surface area contributed by atoms with Crippen LogP contribution in [0.25, 0.3) is 10.2 Å². The van der Waals surface area contributed by atoms with E-state index in [0.717, 1.165) is 10.2 Å². The zero-order valence-electron chi connectivity index (χ0n) is 13.4. The predicted molar refractivity (Wildman–Crippen MR) is 106 cm³/mol. The second kappa shape index (κ2) is 7.07. The van der Waals surface area contributed by atoms with Crippen LogP contribution in [0.4, 0.5) is 10.8 Å². The topological polar surface area (TPSA) is 71.1 Å². The first-order chi connectivity index (χ1) is 12.7. The van der Waals surface area contributed by atoms with Crippen LogP contribution in [0.3, 0.4) is 0 Å². The maximum atomic E-state index is 12.2. The van der Waals surface area contributed by atoms with E-state index in [1.165, 1.54) is 22.7 Å². The molecule has 2 N–H and O–H groups in total. The van der Waals surface area contributed by atoms with Crippen LogP contribution in [0.5, 0.6) is 0 Å². The summed E-state index contributed by atoms with van der Waals surface area (Å²) in [5.41, 5.74) is 2.05. The summed E-state index contributed by atoms with van der Waals surface area (Å²) in [6.07, 6.45) is 0. The number of hydrogen-bond acceptors (Lipinski definition) is 5. The Morgan fingerprint density at radius 3 is 2.50 bits per heavy atom. The second-order valence-corrected chi connectivity index (χ2v) is 7.43. The van der Waals surface area contributed by atoms with E-state index in [9.17, 15) is 9.59 Å². The third kappa shape index (κ3) is 3.49. The third-order valence-electron chi connectivity index (χ3n) is 3.65. The molecule has 2 heterocycles. The van der Waals surface area contributed by atoms with Crippen LogP contribution in [-0.4, -0.2) is 16.8 Å². The highest BCUT2D eigenvalue weighted by atomic mass is 32.1. The first-order valence-electron chi connectivity index (χ1n) is 7.81. The van der Waals surface area contributed by atoms with Crippen LogP contribution >= 0.6 is 22.7 Å². The van der Waals surface area contributed by atoms with E-state index >= 15 is 0 Å². The Morgan fingerprint density at radius 1 is 0.885 bits per heavy atom. The number of thiophene rings is 1. The maximum Gasteiger partial charge on any atom is 0.265 e. The minimum Gasteiger partial charge on any atom is -0.321 e. The van der Waals surface area contributed by atoms with Gasteiger partial charge in [-0.15, -0.1) is 11.3 Å². The molecular weight excluding hydrogens is 366 g/mol. The molecule has 0 aliphatic carbocycles. The number of nitrogens with one attached hydrogen (secondary N) is 2. The molecule has 0 fully saturated rings. The van der Waals surface area contributed by atoms with Gasteiger partial charge in [0.1, 0.15) is 0 Å². The first kappa shape index (κ1) is 16.4. The molecule has 0 spiro atoms. The van der Waals surface area contributed by atoms with Gasteiger partial charge in [0.15, 0.2) is 5.13 Å². The van der Waals surface area contributed by atoms with Crippen molar-refractivity contribution in [2.45, 2.75) is 0 Å². The lowest BCUT2D eigenvalue weighted by Crippen LogP contribution is -2.11. The molecule has 2 aromatic heterocycles. The highest BCUT2D eigenvalue weighted by molar-refractivity contribution is 7.22. The van der Waals surface area contributed by atoms with Crippen LogP contribution in [0.15, 0.2) is 66.0 Å². The average Bonchev–Trinajstić information content (AvgIpc) is 3.31. The number of thiazole rings is 1. The van der Waals surface area contributed by atoms with E-state index in [2.05, 4.69) is 15.6 Å². The molecule has 0 saturated heterocycles. The number of rotatable bonds is 4. The number of amides is 2. The lowest BCUT2D eigenvalue weighted by molar-refractivity contribution is 0.102. The molecule has 0 aliphatic heterocycles. The van der Waals surface area contributed by atoms with E-state index < -0.39 is 0 Å². The first-order valence-corrected chi connectivity index (χ1v) is 9.50. The summed E-state index contributed by atoms with van der Waals surface area (Å²) in [6, 6.07) is 18.1. The number of hydrogen-bond donors (Lipinski definition) is 2. The molecule has 0 atom stereocenters. The number of nitrogens with zero attached hydrogens (tertiary/aromatic N) is 1. The van der Waals surface area contributed by atoms with Gasteiger partial charge in [-0.1, -0.05) is 35.6 Å². The molecule has 2 amide bonds. The van der Waals surface area contributed by atoms with Gasteiger partial charge in [-0.05, 0) is 41.8 Å². The van der Waals surface area contributed by atoms with Crippen LogP contribution in [0.2, 0.25) is 0 Å². The monoisotopic (exact) mass is 379 g/mol. The van der Waals surface area contributed by atoms with E-state index in [1.807, 2.05) is 41.8 Å². The van der Waals surface area contributed by atoms with Gasteiger partial charge in [0, 0.05) is 11.3 Å². The van der Waals surface area contributed by atoms with Crippen molar-refractivity contribution in [1.29, 1.82) is 0 Å². The van der Waals surface area contributed by atoms with Crippen molar-refractivity contribution in [3.63, 3.8) is 0 Å². The summed E-state index contributed by atoms with van der Waals surface area (Å²) in [6.45, 7) is 0. The Bertz CT molecular complexity index is 1070. The summed E-state index contributed by atoms with van der Waals surface area (Å²) in [4.78, 5) is 29.5. The lowest BCUT2D eigenvalue weighted by atomic mass is 10.2. The number of anilines is 2. The predicted octanol–water partition coefficient (Wildman–Crippen LogP) is 4.86. The van der Waals surface area contributed by atoms with Crippen molar-refractivity contribution >= 4 is 55.5 Å². The van der Waals surface area contributed by atoms with Crippen molar-refractivity contribution in [1.82, 2.24) is 4.98 Å². The molecule has 0 saturated carbocycles. The molecule has 0 aliphatic rings. The largest absolute Gasteiger partial charge is 0.321 e. The number of benzene rings is 2. The molecule has 0 bridgehead atoms. The summed E-state index contributed by atoms with van der Waals surface area (Å²) in [7, 11) is 0. The van der Waals surface area contributed by atoms with Gasteiger partial charge in [0.05, 0.1) is 15.1 Å². The highest BCUT2D eigenvalue weighted by Gasteiger charge is 2.11. The third-order valence-corrected chi connectivity index (χ3v) is 5.45. The van der Waals surface area contributed by atoms with Crippen LogP contribution < -0.4 is 10.6 Å². The number of carbonyl (C=O) groups excluding carboxylic acids is 2. The minimum absolute atomic E-state index is 0.138. The number of fused-ring (bicyclic) bond motifs is 1. The average molecular weight is 379 g/mol. The molecular formula is C19H13N3O2S2. The molecule has 4 aromatic rings. The summed E-state index contributed by atoms with van der Waals surface area (Å²) in [5.74, 6) is -0.336. The van der Waals surface area contributed by atoms with Gasteiger partial charge in [-0.25, -0.2) is 4.98 Å². The fourth-order valence-electron chi connectivity index (χ4n) is 2.42. The van der Waals surface area contributed by atoms with E-state index in [4.69, 9.17) is 0 Å².